The molecule has 2 saturated heterocycles. The van der Waals surface area contributed by atoms with Crippen molar-refractivity contribution < 1.29 is 4.79 Å². The summed E-state index contributed by atoms with van der Waals surface area (Å²) in [5, 5.41) is 8.94. The molecule has 150 valence electrons. The van der Waals surface area contributed by atoms with E-state index in [4.69, 9.17) is 5.26 Å². The number of amides is 1. The zero-order valence-corrected chi connectivity index (χ0v) is 17.0. The SMILES string of the molecule is N#Cc1ccc(CN2CC3(CCN(CCCc4ccccc4)CC3)CC2=O)cc1. The molecule has 0 radical (unpaired) electrons. The number of likely N-dealkylation sites (tertiary alicyclic amines) is 2. The Morgan fingerprint density at radius 3 is 2.38 bits per heavy atom. The Balaban J connectivity index is 1.25. The summed E-state index contributed by atoms with van der Waals surface area (Å²) >= 11 is 0. The van der Waals surface area contributed by atoms with E-state index in [1.807, 2.05) is 29.2 Å². The summed E-state index contributed by atoms with van der Waals surface area (Å²) in [6.07, 6.45) is 5.27. The fourth-order valence-electron chi connectivity index (χ4n) is 4.77. The summed E-state index contributed by atoms with van der Waals surface area (Å²) in [4.78, 5) is 17.2. The van der Waals surface area contributed by atoms with Gasteiger partial charge in [-0.1, -0.05) is 42.5 Å². The highest BCUT2D eigenvalue weighted by molar-refractivity contribution is 5.79. The fourth-order valence-corrected chi connectivity index (χ4v) is 4.77. The van der Waals surface area contributed by atoms with Gasteiger partial charge in [0.1, 0.15) is 0 Å². The smallest absolute Gasteiger partial charge is 0.223 e. The van der Waals surface area contributed by atoms with E-state index in [-0.39, 0.29) is 11.3 Å². The van der Waals surface area contributed by atoms with Crippen LogP contribution in [-0.2, 0) is 17.8 Å². The monoisotopic (exact) mass is 387 g/mol. The molecule has 4 heteroatoms. The second-order valence-electron chi connectivity index (χ2n) is 8.67. The van der Waals surface area contributed by atoms with Gasteiger partial charge in [0.15, 0.2) is 0 Å². The van der Waals surface area contributed by atoms with Gasteiger partial charge in [0.05, 0.1) is 11.6 Å². The molecule has 29 heavy (non-hydrogen) atoms. The number of aryl methyl sites for hydroxylation is 1. The lowest BCUT2D eigenvalue weighted by molar-refractivity contribution is -0.128. The predicted molar refractivity (Wildman–Crippen MR) is 114 cm³/mol. The van der Waals surface area contributed by atoms with Gasteiger partial charge < -0.3 is 9.80 Å². The molecule has 4 nitrogen and oxygen atoms in total. The highest BCUT2D eigenvalue weighted by Crippen LogP contribution is 2.41. The van der Waals surface area contributed by atoms with Crippen molar-refractivity contribution in [2.45, 2.75) is 38.6 Å². The highest BCUT2D eigenvalue weighted by Gasteiger charge is 2.44. The van der Waals surface area contributed by atoms with Crippen LogP contribution in [-0.4, -0.2) is 41.9 Å². The van der Waals surface area contributed by atoms with Crippen LogP contribution in [0.15, 0.2) is 54.6 Å². The minimum atomic E-state index is 0.166. The van der Waals surface area contributed by atoms with Crippen LogP contribution in [0.1, 0.15) is 42.4 Å². The van der Waals surface area contributed by atoms with Gasteiger partial charge in [-0.3, -0.25) is 4.79 Å². The first-order valence-corrected chi connectivity index (χ1v) is 10.7. The van der Waals surface area contributed by atoms with Crippen LogP contribution < -0.4 is 0 Å². The van der Waals surface area contributed by atoms with Crippen molar-refractivity contribution in [2.75, 3.05) is 26.2 Å². The number of rotatable bonds is 6. The van der Waals surface area contributed by atoms with E-state index >= 15 is 0 Å². The second-order valence-corrected chi connectivity index (χ2v) is 8.67. The van der Waals surface area contributed by atoms with Crippen LogP contribution in [0.25, 0.3) is 0 Å². The first-order valence-electron chi connectivity index (χ1n) is 10.7. The van der Waals surface area contributed by atoms with Crippen molar-refractivity contribution in [1.82, 2.24) is 9.80 Å². The van der Waals surface area contributed by atoms with Crippen LogP contribution >= 0.6 is 0 Å². The van der Waals surface area contributed by atoms with Gasteiger partial charge in [-0.05, 0) is 74.0 Å². The van der Waals surface area contributed by atoms with Crippen LogP contribution in [0.3, 0.4) is 0 Å². The third kappa shape index (κ3) is 4.86. The number of benzene rings is 2. The molecule has 2 aromatic rings. The van der Waals surface area contributed by atoms with E-state index in [0.717, 1.165) is 51.0 Å². The number of nitrogens with zero attached hydrogens (tertiary/aromatic N) is 3. The average molecular weight is 388 g/mol. The maximum absolute atomic E-state index is 12.6. The standard InChI is InChI=1S/C25H29N3O/c26-18-22-8-10-23(11-9-22)19-28-20-25(17-24(28)29)12-15-27(16-13-25)14-4-7-21-5-2-1-3-6-21/h1-3,5-6,8-11H,4,7,12-17,19-20H2. The molecule has 2 fully saturated rings. The van der Waals surface area contributed by atoms with Crippen LogP contribution in [0.2, 0.25) is 0 Å². The summed E-state index contributed by atoms with van der Waals surface area (Å²) in [6, 6.07) is 20.4. The lowest BCUT2D eigenvalue weighted by Gasteiger charge is -2.38. The first-order chi connectivity index (χ1) is 14.2. The molecule has 0 atom stereocenters. The minimum absolute atomic E-state index is 0.166. The number of nitriles is 1. The first kappa shape index (κ1) is 19.7. The molecule has 0 aromatic heterocycles. The third-order valence-corrected chi connectivity index (χ3v) is 6.56. The van der Waals surface area contributed by atoms with Gasteiger partial charge in [-0.15, -0.1) is 0 Å². The molecule has 2 heterocycles. The van der Waals surface area contributed by atoms with Gasteiger partial charge in [0.2, 0.25) is 5.91 Å². The summed E-state index contributed by atoms with van der Waals surface area (Å²) in [5.74, 6) is 0.284. The number of hydrogen-bond donors (Lipinski definition) is 0. The lowest BCUT2D eigenvalue weighted by atomic mass is 9.77. The average Bonchev–Trinajstić information content (AvgIpc) is 3.05. The highest BCUT2D eigenvalue weighted by atomic mass is 16.2. The van der Waals surface area contributed by atoms with Crippen molar-refractivity contribution in [1.29, 1.82) is 5.26 Å². The van der Waals surface area contributed by atoms with E-state index in [2.05, 4.69) is 41.3 Å². The van der Waals surface area contributed by atoms with Gasteiger partial charge >= 0.3 is 0 Å². The molecule has 1 amide bonds. The van der Waals surface area contributed by atoms with Gasteiger partial charge in [-0.2, -0.15) is 5.26 Å². The maximum atomic E-state index is 12.6. The molecule has 0 aliphatic carbocycles. The topological polar surface area (TPSA) is 47.3 Å². The Hall–Kier alpha value is -2.64. The molecule has 2 aromatic carbocycles. The molecular weight excluding hydrogens is 358 g/mol. The molecule has 0 bridgehead atoms. The van der Waals surface area contributed by atoms with E-state index in [1.165, 1.54) is 12.0 Å². The minimum Gasteiger partial charge on any atom is -0.338 e. The number of carbonyl (C=O) groups excluding carboxylic acids is 1. The quantitative estimate of drug-likeness (QED) is 0.752. The van der Waals surface area contributed by atoms with Crippen molar-refractivity contribution in [3.63, 3.8) is 0 Å². The van der Waals surface area contributed by atoms with Crippen molar-refractivity contribution >= 4 is 5.91 Å². The van der Waals surface area contributed by atoms with E-state index < -0.39 is 0 Å². The number of hydrogen-bond acceptors (Lipinski definition) is 3. The van der Waals surface area contributed by atoms with E-state index in [0.29, 0.717) is 18.5 Å². The molecular formula is C25H29N3O. The largest absolute Gasteiger partial charge is 0.338 e. The Labute approximate surface area is 173 Å². The van der Waals surface area contributed by atoms with Crippen LogP contribution in [0.4, 0.5) is 0 Å². The predicted octanol–water partition coefficient (Wildman–Crippen LogP) is 4.01. The number of carbonyl (C=O) groups is 1. The lowest BCUT2D eigenvalue weighted by Crippen LogP contribution is -2.41. The van der Waals surface area contributed by atoms with Gasteiger partial charge in [0, 0.05) is 19.5 Å². The van der Waals surface area contributed by atoms with Crippen molar-refractivity contribution in [3.8, 4) is 6.07 Å². The fraction of sp³-hybridized carbons (Fsp3) is 0.440. The Bertz CT molecular complexity index is 861. The normalized spacial score (nSPS) is 18.9. The Morgan fingerprint density at radius 1 is 0.966 bits per heavy atom. The molecule has 2 aliphatic heterocycles. The molecule has 2 aliphatic rings. The molecule has 4 rings (SSSR count). The van der Waals surface area contributed by atoms with Crippen LogP contribution in [0, 0.1) is 16.7 Å². The van der Waals surface area contributed by atoms with Crippen molar-refractivity contribution in [3.05, 3.63) is 71.3 Å². The van der Waals surface area contributed by atoms with E-state index in [1.54, 1.807) is 0 Å². The summed E-state index contributed by atoms with van der Waals surface area (Å²) < 4.78 is 0. The zero-order valence-electron chi connectivity index (χ0n) is 17.0. The Morgan fingerprint density at radius 2 is 1.69 bits per heavy atom. The summed E-state index contributed by atoms with van der Waals surface area (Å²) in [6.45, 7) is 4.89. The molecule has 0 saturated carbocycles. The number of piperidine rings is 1. The Kier molecular flexibility index (Phi) is 5.97. The summed E-state index contributed by atoms with van der Waals surface area (Å²) in [5.41, 5.74) is 3.35. The molecule has 1 spiro atoms. The van der Waals surface area contributed by atoms with Crippen molar-refractivity contribution in [2.24, 2.45) is 5.41 Å². The molecule has 0 unspecified atom stereocenters. The van der Waals surface area contributed by atoms with E-state index in [9.17, 15) is 4.79 Å². The van der Waals surface area contributed by atoms with Gasteiger partial charge in [0.25, 0.3) is 0 Å². The van der Waals surface area contributed by atoms with Gasteiger partial charge in [-0.25, -0.2) is 0 Å². The molecule has 0 N–H and O–H groups in total. The third-order valence-electron chi connectivity index (χ3n) is 6.56. The summed E-state index contributed by atoms with van der Waals surface area (Å²) in [7, 11) is 0. The second kappa shape index (κ2) is 8.80. The zero-order chi connectivity index (χ0) is 20.1. The maximum Gasteiger partial charge on any atom is 0.223 e. The van der Waals surface area contributed by atoms with Crippen LogP contribution in [0.5, 0.6) is 0 Å².